The summed E-state index contributed by atoms with van der Waals surface area (Å²) in [5.41, 5.74) is 1.24. The van der Waals surface area contributed by atoms with Gasteiger partial charge in [-0.05, 0) is 43.4 Å². The number of aliphatic hydroxyl groups is 1. The summed E-state index contributed by atoms with van der Waals surface area (Å²) in [5, 5.41) is 14.4. The molecule has 0 aliphatic rings. The number of aliphatic hydroxyl groups excluding tert-OH is 1. The van der Waals surface area contributed by atoms with E-state index in [9.17, 15) is 9.18 Å². The zero-order valence-corrected chi connectivity index (χ0v) is 11.9. The number of carbonyl (C=O) groups excluding carboxylic acids is 1. The predicted octanol–water partition coefficient (Wildman–Crippen LogP) is 2.37. The van der Waals surface area contributed by atoms with Crippen LogP contribution in [0.25, 0.3) is 0 Å². The van der Waals surface area contributed by atoms with Crippen LogP contribution in [0.15, 0.2) is 18.2 Å². The van der Waals surface area contributed by atoms with Crippen LogP contribution < -0.4 is 10.6 Å². The van der Waals surface area contributed by atoms with Gasteiger partial charge in [0.15, 0.2) is 0 Å². The first-order valence-corrected chi connectivity index (χ1v) is 7.39. The molecule has 0 saturated heterocycles. The number of nitrogens with one attached hydrogen (secondary N) is 2. The molecule has 0 fully saturated rings. The number of thioether (sulfide) groups is 1. The molecule has 1 aromatic carbocycles. The molecule has 0 aliphatic heterocycles. The Morgan fingerprint density at radius 2 is 2.26 bits per heavy atom. The van der Waals surface area contributed by atoms with Gasteiger partial charge in [-0.25, -0.2) is 9.18 Å². The molecule has 0 aromatic heterocycles. The van der Waals surface area contributed by atoms with Gasteiger partial charge in [0.1, 0.15) is 5.82 Å². The monoisotopic (exact) mass is 286 g/mol. The van der Waals surface area contributed by atoms with E-state index in [4.69, 9.17) is 5.11 Å². The number of urea groups is 1. The molecule has 4 nitrogen and oxygen atoms in total. The third kappa shape index (κ3) is 5.48. The maximum atomic E-state index is 12.9. The molecular weight excluding hydrogens is 267 g/mol. The standard InChI is InChI=1S/C13H19FN2O2S/c1-9-7-10(14)3-4-12(9)16-13(18)15-11(5-6-17)8-19-2/h3-4,7,11,17H,5-6,8H2,1-2H3,(H2,15,16,18). The molecule has 0 bridgehead atoms. The normalized spacial score (nSPS) is 12.0. The number of hydrogen-bond donors (Lipinski definition) is 3. The lowest BCUT2D eigenvalue weighted by molar-refractivity contribution is 0.241. The molecule has 0 aliphatic carbocycles. The van der Waals surface area contributed by atoms with Crippen LogP contribution in [0.5, 0.6) is 0 Å². The quantitative estimate of drug-likeness (QED) is 0.752. The minimum Gasteiger partial charge on any atom is -0.396 e. The van der Waals surface area contributed by atoms with E-state index in [2.05, 4.69) is 10.6 Å². The molecule has 1 unspecified atom stereocenters. The fraction of sp³-hybridized carbons (Fsp3) is 0.462. The molecule has 1 rings (SSSR count). The van der Waals surface area contributed by atoms with Gasteiger partial charge in [0.25, 0.3) is 0 Å². The Labute approximate surface area is 116 Å². The first kappa shape index (κ1) is 15.8. The van der Waals surface area contributed by atoms with E-state index in [1.807, 2.05) is 6.26 Å². The molecule has 6 heteroatoms. The Morgan fingerprint density at radius 1 is 1.53 bits per heavy atom. The molecule has 3 N–H and O–H groups in total. The van der Waals surface area contributed by atoms with Crippen molar-refractivity contribution in [2.24, 2.45) is 0 Å². The molecule has 106 valence electrons. The van der Waals surface area contributed by atoms with Crippen LogP contribution in [0.1, 0.15) is 12.0 Å². The first-order valence-electron chi connectivity index (χ1n) is 6.00. The van der Waals surface area contributed by atoms with E-state index in [-0.39, 0.29) is 24.5 Å². The van der Waals surface area contributed by atoms with Crippen molar-refractivity contribution in [1.29, 1.82) is 0 Å². The van der Waals surface area contributed by atoms with Crippen LogP contribution in [-0.4, -0.2) is 35.8 Å². The average Bonchev–Trinajstić information content (AvgIpc) is 2.33. The molecule has 2 amide bonds. The maximum absolute atomic E-state index is 12.9. The number of amides is 2. The van der Waals surface area contributed by atoms with Crippen LogP contribution in [0.3, 0.4) is 0 Å². The van der Waals surface area contributed by atoms with Crippen molar-refractivity contribution in [2.45, 2.75) is 19.4 Å². The van der Waals surface area contributed by atoms with Crippen LogP contribution in [0.2, 0.25) is 0 Å². The smallest absolute Gasteiger partial charge is 0.319 e. The summed E-state index contributed by atoms with van der Waals surface area (Å²) < 4.78 is 12.9. The predicted molar refractivity (Wildman–Crippen MR) is 77.2 cm³/mol. The van der Waals surface area contributed by atoms with Crippen molar-refractivity contribution in [2.75, 3.05) is 23.9 Å². The van der Waals surface area contributed by atoms with E-state index in [0.29, 0.717) is 17.7 Å². The van der Waals surface area contributed by atoms with Crippen molar-refractivity contribution in [3.05, 3.63) is 29.6 Å². The maximum Gasteiger partial charge on any atom is 0.319 e. The summed E-state index contributed by atoms with van der Waals surface area (Å²) in [7, 11) is 0. The van der Waals surface area contributed by atoms with Gasteiger partial charge in [0, 0.05) is 24.1 Å². The van der Waals surface area contributed by atoms with Gasteiger partial charge < -0.3 is 15.7 Å². The molecule has 0 heterocycles. The Balaban J connectivity index is 2.58. The summed E-state index contributed by atoms with van der Waals surface area (Å²) in [6.07, 6.45) is 2.45. The zero-order chi connectivity index (χ0) is 14.3. The van der Waals surface area contributed by atoms with Gasteiger partial charge in [-0.3, -0.25) is 0 Å². The second kappa shape index (κ2) is 8.01. The molecule has 0 spiro atoms. The minimum absolute atomic E-state index is 0.0289. The SMILES string of the molecule is CSCC(CCO)NC(=O)Nc1ccc(F)cc1C. The summed E-state index contributed by atoms with van der Waals surface area (Å²) in [4.78, 5) is 11.8. The third-order valence-electron chi connectivity index (χ3n) is 2.62. The summed E-state index contributed by atoms with van der Waals surface area (Å²) in [5.74, 6) is 0.403. The van der Waals surface area contributed by atoms with Crippen molar-refractivity contribution < 1.29 is 14.3 Å². The second-order valence-electron chi connectivity index (χ2n) is 4.22. The number of hydrogen-bond acceptors (Lipinski definition) is 3. The van der Waals surface area contributed by atoms with E-state index in [1.54, 1.807) is 18.7 Å². The Bertz CT molecular complexity index is 423. The number of anilines is 1. The summed E-state index contributed by atoms with van der Waals surface area (Å²) in [6, 6.07) is 3.76. The van der Waals surface area contributed by atoms with E-state index in [0.717, 1.165) is 5.75 Å². The average molecular weight is 286 g/mol. The number of carbonyl (C=O) groups is 1. The van der Waals surface area contributed by atoms with Gasteiger partial charge in [0.2, 0.25) is 0 Å². The molecule has 0 saturated carbocycles. The lowest BCUT2D eigenvalue weighted by Crippen LogP contribution is -2.40. The number of halogens is 1. The second-order valence-corrected chi connectivity index (χ2v) is 5.13. The minimum atomic E-state index is -0.345. The van der Waals surface area contributed by atoms with E-state index >= 15 is 0 Å². The lowest BCUT2D eigenvalue weighted by atomic mass is 10.2. The van der Waals surface area contributed by atoms with Crippen LogP contribution in [0, 0.1) is 12.7 Å². The number of benzene rings is 1. The highest BCUT2D eigenvalue weighted by Gasteiger charge is 2.12. The lowest BCUT2D eigenvalue weighted by Gasteiger charge is -2.17. The van der Waals surface area contributed by atoms with Crippen molar-refractivity contribution in [3.8, 4) is 0 Å². The Kier molecular flexibility index (Phi) is 6.66. The van der Waals surface area contributed by atoms with Gasteiger partial charge in [-0.1, -0.05) is 0 Å². The fourth-order valence-corrected chi connectivity index (χ4v) is 2.32. The van der Waals surface area contributed by atoms with E-state index in [1.165, 1.54) is 18.2 Å². The molecule has 0 radical (unpaired) electrons. The van der Waals surface area contributed by atoms with Gasteiger partial charge in [-0.15, -0.1) is 0 Å². The Morgan fingerprint density at radius 3 is 2.84 bits per heavy atom. The summed E-state index contributed by atoms with van der Waals surface area (Å²) >= 11 is 1.60. The summed E-state index contributed by atoms with van der Waals surface area (Å²) in [6.45, 7) is 1.76. The van der Waals surface area contributed by atoms with Gasteiger partial charge >= 0.3 is 6.03 Å². The highest BCUT2D eigenvalue weighted by atomic mass is 32.2. The molecule has 19 heavy (non-hydrogen) atoms. The highest BCUT2D eigenvalue weighted by Crippen LogP contribution is 2.15. The molecule has 1 aromatic rings. The zero-order valence-electron chi connectivity index (χ0n) is 11.1. The molecule has 1 atom stereocenters. The van der Waals surface area contributed by atoms with Crippen LogP contribution in [0.4, 0.5) is 14.9 Å². The van der Waals surface area contributed by atoms with Crippen molar-refractivity contribution in [3.63, 3.8) is 0 Å². The van der Waals surface area contributed by atoms with Crippen molar-refractivity contribution in [1.82, 2.24) is 5.32 Å². The third-order valence-corrected chi connectivity index (χ3v) is 3.35. The molecular formula is C13H19FN2O2S. The van der Waals surface area contributed by atoms with Crippen LogP contribution in [-0.2, 0) is 0 Å². The van der Waals surface area contributed by atoms with Crippen molar-refractivity contribution >= 4 is 23.5 Å². The van der Waals surface area contributed by atoms with Crippen LogP contribution >= 0.6 is 11.8 Å². The highest BCUT2D eigenvalue weighted by molar-refractivity contribution is 7.98. The fourth-order valence-electron chi connectivity index (χ4n) is 1.67. The van der Waals surface area contributed by atoms with Gasteiger partial charge in [0.05, 0.1) is 0 Å². The number of aryl methyl sites for hydroxylation is 1. The van der Waals surface area contributed by atoms with Gasteiger partial charge in [-0.2, -0.15) is 11.8 Å². The number of rotatable bonds is 6. The Hall–Kier alpha value is -1.27. The largest absolute Gasteiger partial charge is 0.396 e. The topological polar surface area (TPSA) is 61.4 Å². The van der Waals surface area contributed by atoms with E-state index < -0.39 is 0 Å². The first-order chi connectivity index (χ1) is 9.06.